The Hall–Kier alpha value is -1.46. The van der Waals surface area contributed by atoms with Crippen LogP contribution < -0.4 is 0 Å². The number of carboxylic acid groups (broad SMARTS) is 1. The molecular weight excluding hydrogens is 548 g/mol. The van der Waals surface area contributed by atoms with Crippen LogP contribution in [0.3, 0.4) is 0 Å². The largest absolute Gasteiger partial charge is 0.481 e. The summed E-state index contributed by atoms with van der Waals surface area (Å²) in [5.41, 5.74) is -7.81. The number of rotatable bonds is 6. The number of carboxylic acids is 1. The van der Waals surface area contributed by atoms with E-state index in [0.29, 0.717) is 11.8 Å². The maximum Gasteiger partial charge on any atom is 0.469 e. The number of hydrogen-bond acceptors (Lipinski definition) is 6. The van der Waals surface area contributed by atoms with E-state index in [1.807, 2.05) is 0 Å². The molecule has 3 saturated carbocycles. The Kier molecular flexibility index (Phi) is 7.22. The first-order valence-electron chi connectivity index (χ1n) is 12.4. The lowest BCUT2D eigenvalue weighted by molar-refractivity contribution is -0.212. The number of hydrogen-bond donors (Lipinski definition) is 3. The van der Waals surface area contributed by atoms with Gasteiger partial charge in [0.05, 0.1) is 11.3 Å². The van der Waals surface area contributed by atoms with Gasteiger partial charge in [0.1, 0.15) is 18.3 Å². The third kappa shape index (κ3) is 3.77. The standard InChI is InChI=1S/C25H32F3O8PS/c1-12-7-15-16-9-18(27)17-8-14(29)5-6-22(17,3)25(16,28)19(36-37(33,34)35)10-23(15,4)24(12,13(2)20(30)31)21(32)38-11-26/h5-6,8,12-13,15-16,18-19H,7,9-11H2,1-4H3,(H,30,31)(H2,33,34,35)/t12-,13?,15+,16+,18+,19+,22+,23+,24+,25+/m1/s1. The number of aliphatic carboxylic acids is 1. The first kappa shape index (κ1) is 29.5. The van der Waals surface area contributed by atoms with Crippen molar-refractivity contribution in [3.8, 4) is 0 Å². The first-order valence-corrected chi connectivity index (χ1v) is 14.9. The van der Waals surface area contributed by atoms with E-state index in [0.717, 1.165) is 12.2 Å². The molecule has 8 nitrogen and oxygen atoms in total. The molecule has 1 unspecified atom stereocenters. The van der Waals surface area contributed by atoms with Crippen LogP contribution in [0.15, 0.2) is 23.8 Å². The monoisotopic (exact) mass is 580 g/mol. The van der Waals surface area contributed by atoms with E-state index >= 15 is 8.78 Å². The predicted octanol–water partition coefficient (Wildman–Crippen LogP) is 4.56. The minimum absolute atomic E-state index is 0.107. The zero-order valence-electron chi connectivity index (χ0n) is 21.4. The van der Waals surface area contributed by atoms with Gasteiger partial charge in [-0.1, -0.05) is 38.6 Å². The number of allylic oxidation sites excluding steroid dienone is 4. The molecule has 0 radical (unpaired) electrons. The predicted molar refractivity (Wildman–Crippen MR) is 132 cm³/mol. The van der Waals surface area contributed by atoms with Gasteiger partial charge in [-0.3, -0.25) is 18.9 Å². The van der Waals surface area contributed by atoms with E-state index in [2.05, 4.69) is 0 Å². The summed E-state index contributed by atoms with van der Waals surface area (Å²) in [7, 11) is -5.36. The maximum absolute atomic E-state index is 17.8. The molecule has 0 aromatic rings. The summed E-state index contributed by atoms with van der Waals surface area (Å²) in [4.78, 5) is 57.7. The van der Waals surface area contributed by atoms with Crippen LogP contribution in [0.4, 0.5) is 13.2 Å². The Balaban J connectivity index is 2.00. The summed E-state index contributed by atoms with van der Waals surface area (Å²) < 4.78 is 64.3. The summed E-state index contributed by atoms with van der Waals surface area (Å²) in [6.45, 7) is 5.85. The van der Waals surface area contributed by atoms with Crippen LogP contribution in [0.25, 0.3) is 0 Å². The average Bonchev–Trinajstić information content (AvgIpc) is 3.02. The number of phosphoric acid groups is 1. The van der Waals surface area contributed by atoms with Crippen LogP contribution in [0.5, 0.6) is 0 Å². The minimum atomic E-state index is -5.36. The third-order valence-electron chi connectivity index (χ3n) is 10.2. The fraction of sp³-hybridized carbons (Fsp3) is 0.720. The van der Waals surface area contributed by atoms with Gasteiger partial charge in [0.25, 0.3) is 0 Å². The molecule has 3 fully saturated rings. The number of fused-ring (bicyclic) bond motifs is 5. The van der Waals surface area contributed by atoms with Crippen LogP contribution in [-0.4, -0.2) is 55.7 Å². The van der Waals surface area contributed by atoms with Crippen molar-refractivity contribution in [3.05, 3.63) is 23.8 Å². The molecule has 13 heteroatoms. The van der Waals surface area contributed by atoms with Gasteiger partial charge in [0.2, 0.25) is 0 Å². The smallest absolute Gasteiger partial charge is 0.469 e. The second-order valence-electron chi connectivity index (χ2n) is 11.5. The van der Waals surface area contributed by atoms with Crippen molar-refractivity contribution < 1.29 is 51.5 Å². The van der Waals surface area contributed by atoms with Crippen molar-refractivity contribution in [3.63, 3.8) is 0 Å². The molecule has 0 saturated heterocycles. The van der Waals surface area contributed by atoms with Crippen molar-refractivity contribution in [1.82, 2.24) is 0 Å². The van der Waals surface area contributed by atoms with Crippen molar-refractivity contribution >= 4 is 36.5 Å². The van der Waals surface area contributed by atoms with Gasteiger partial charge in [-0.15, -0.1) is 0 Å². The second kappa shape index (κ2) is 9.29. The highest BCUT2D eigenvalue weighted by Crippen LogP contribution is 2.76. The highest BCUT2D eigenvalue weighted by atomic mass is 32.2. The Morgan fingerprint density at radius 1 is 1.26 bits per heavy atom. The summed E-state index contributed by atoms with van der Waals surface area (Å²) >= 11 is 0.303. The van der Waals surface area contributed by atoms with Crippen LogP contribution in [0.2, 0.25) is 0 Å². The molecule has 0 amide bonds. The Morgan fingerprint density at radius 3 is 2.45 bits per heavy atom. The fourth-order valence-corrected chi connectivity index (χ4v) is 10.2. The highest BCUT2D eigenvalue weighted by Gasteiger charge is 2.78. The number of halogens is 3. The minimum Gasteiger partial charge on any atom is -0.481 e. The second-order valence-corrected chi connectivity index (χ2v) is 13.6. The Morgan fingerprint density at radius 2 is 1.89 bits per heavy atom. The normalized spacial score (nSPS) is 45.0. The molecule has 4 rings (SSSR count). The van der Waals surface area contributed by atoms with Crippen molar-refractivity contribution in [2.24, 2.45) is 39.9 Å². The molecule has 0 spiro atoms. The summed E-state index contributed by atoms with van der Waals surface area (Å²) in [5.74, 6) is -6.04. The lowest BCUT2D eigenvalue weighted by Crippen LogP contribution is -2.70. The number of alkyl halides is 3. The summed E-state index contributed by atoms with van der Waals surface area (Å²) in [6.07, 6.45) is -1.24. The van der Waals surface area contributed by atoms with Gasteiger partial charge >= 0.3 is 13.8 Å². The topological polar surface area (TPSA) is 138 Å². The molecule has 38 heavy (non-hydrogen) atoms. The average molecular weight is 581 g/mol. The molecule has 3 N–H and O–H groups in total. The third-order valence-corrected chi connectivity index (χ3v) is 11.4. The number of phosphoric ester groups is 1. The van der Waals surface area contributed by atoms with Gasteiger partial charge < -0.3 is 14.9 Å². The van der Waals surface area contributed by atoms with Crippen LogP contribution in [-0.2, 0) is 23.5 Å². The quantitative estimate of drug-likeness (QED) is 0.386. The van der Waals surface area contributed by atoms with Crippen molar-refractivity contribution in [1.29, 1.82) is 0 Å². The van der Waals surface area contributed by atoms with E-state index < -0.39 is 101 Å². The molecule has 0 aromatic carbocycles. The Labute approximate surface area is 222 Å². The molecule has 0 aliphatic heterocycles. The zero-order valence-corrected chi connectivity index (χ0v) is 23.1. The SMILES string of the molecule is CC(C(=O)O)[C@]1(C(=O)SCF)[C@H](C)C[C@H]2[C@@H]3C[C@H](F)C4=CC(=O)C=C[C@]4(C)[C@@]3(F)[C@@H](OP(=O)(O)O)C[C@@]21C. The van der Waals surface area contributed by atoms with Crippen LogP contribution in [0.1, 0.15) is 47.0 Å². The number of ketones is 1. The molecule has 0 heterocycles. The van der Waals surface area contributed by atoms with E-state index in [9.17, 15) is 38.2 Å². The molecule has 212 valence electrons. The van der Waals surface area contributed by atoms with E-state index in [-0.39, 0.29) is 12.0 Å². The molecule has 0 aromatic heterocycles. The van der Waals surface area contributed by atoms with Crippen molar-refractivity contribution in [2.45, 2.75) is 64.9 Å². The van der Waals surface area contributed by atoms with Gasteiger partial charge in [-0.05, 0) is 61.2 Å². The molecule has 10 atom stereocenters. The lowest BCUT2D eigenvalue weighted by Gasteiger charge is -2.64. The highest BCUT2D eigenvalue weighted by molar-refractivity contribution is 8.13. The van der Waals surface area contributed by atoms with Gasteiger partial charge in [-0.25, -0.2) is 17.7 Å². The number of thioether (sulfide) groups is 1. The van der Waals surface area contributed by atoms with Crippen molar-refractivity contribution in [2.75, 3.05) is 6.01 Å². The zero-order chi connectivity index (χ0) is 28.6. The van der Waals surface area contributed by atoms with E-state index in [1.165, 1.54) is 19.9 Å². The molecule has 4 aliphatic carbocycles. The fourth-order valence-electron chi connectivity index (χ4n) is 8.73. The van der Waals surface area contributed by atoms with E-state index in [4.69, 9.17) is 4.52 Å². The van der Waals surface area contributed by atoms with Crippen LogP contribution in [0, 0.1) is 39.9 Å². The van der Waals surface area contributed by atoms with Crippen LogP contribution >= 0.6 is 19.6 Å². The lowest BCUT2D eigenvalue weighted by atomic mass is 9.42. The number of carbonyl (C=O) groups is 3. The molecule has 4 aliphatic rings. The summed E-state index contributed by atoms with van der Waals surface area (Å²) in [5, 5.41) is 9.30. The van der Waals surface area contributed by atoms with Gasteiger partial charge in [0.15, 0.2) is 16.6 Å². The Bertz CT molecular complexity index is 1170. The van der Waals surface area contributed by atoms with Gasteiger partial charge in [-0.2, -0.15) is 0 Å². The maximum atomic E-state index is 17.8. The van der Waals surface area contributed by atoms with Gasteiger partial charge in [0, 0.05) is 11.3 Å². The first-order chi connectivity index (χ1) is 17.4. The molecule has 0 bridgehead atoms. The van der Waals surface area contributed by atoms with E-state index in [1.54, 1.807) is 13.8 Å². The molecular formula is C25H32F3O8PS. The number of carbonyl (C=O) groups excluding carboxylic acids is 2. The summed E-state index contributed by atoms with van der Waals surface area (Å²) in [6, 6.07) is -1.13.